The topological polar surface area (TPSA) is 39.4 Å². The largest absolute Gasteiger partial charge is 0.456 e. The van der Waals surface area contributed by atoms with Crippen LogP contribution in [0.3, 0.4) is 0 Å². The Kier molecular flexibility index (Phi) is 4.45. The third-order valence-electron chi connectivity index (χ3n) is 8.89. The average molecular weight is 551 g/mol. The fourth-order valence-corrected chi connectivity index (χ4v) is 7.09. The summed E-state index contributed by atoms with van der Waals surface area (Å²) in [5.74, 6) is 0.828. The van der Waals surface area contributed by atoms with E-state index in [0.717, 1.165) is 82.5 Å². The molecule has 43 heavy (non-hydrogen) atoms. The van der Waals surface area contributed by atoms with Gasteiger partial charge in [0.25, 0.3) is 0 Å². The summed E-state index contributed by atoms with van der Waals surface area (Å²) in [6.07, 6.45) is 0. The Morgan fingerprint density at radius 2 is 0.884 bits per heavy atom. The summed E-state index contributed by atoms with van der Waals surface area (Å²) in [5, 5.41) is 10.1. The van der Waals surface area contributed by atoms with E-state index in [1.54, 1.807) is 0 Å². The van der Waals surface area contributed by atoms with E-state index in [1.165, 1.54) is 16.3 Å². The van der Waals surface area contributed by atoms with Crippen molar-refractivity contribution in [2.75, 3.05) is 0 Å². The minimum atomic E-state index is 0.813. The second-order valence-corrected chi connectivity index (χ2v) is 11.2. The van der Waals surface area contributed by atoms with E-state index in [1.807, 2.05) is 24.3 Å². The molecule has 0 fully saturated rings. The van der Waals surface area contributed by atoms with Gasteiger partial charge in [-0.15, -0.1) is 0 Å². The summed E-state index contributed by atoms with van der Waals surface area (Å²) in [6.45, 7) is 0. The minimum absolute atomic E-state index is 0.813. The standard InChI is InChI=1S/C40H22O3/c1-3-13-26-24(11-1)37(30-16-9-19-35-39(30)29-15-6-8-18-33(29)41-35)25-12-2-4-14-27(25)38(26)36-22-31-34(42-36)21-20-28-23-10-5-7-17-32(23)43-40(28)31/h1-22H. The van der Waals surface area contributed by atoms with Gasteiger partial charge in [-0.2, -0.15) is 0 Å². The van der Waals surface area contributed by atoms with Gasteiger partial charge in [-0.25, -0.2) is 0 Å². The van der Waals surface area contributed by atoms with Gasteiger partial charge >= 0.3 is 0 Å². The monoisotopic (exact) mass is 550 g/mol. The van der Waals surface area contributed by atoms with Crippen LogP contribution in [-0.4, -0.2) is 0 Å². The van der Waals surface area contributed by atoms with Crippen LogP contribution in [-0.2, 0) is 0 Å². The van der Waals surface area contributed by atoms with Crippen molar-refractivity contribution in [3.05, 3.63) is 133 Å². The highest BCUT2D eigenvalue weighted by Crippen LogP contribution is 2.48. The SMILES string of the molecule is c1ccc2c(c1)oc1c3cc(-c4c5ccccc5c(-c5cccc6oc7ccccc7c56)c5ccccc45)oc3ccc21. The molecule has 0 N–H and O–H groups in total. The average Bonchev–Trinajstić information content (AvgIpc) is 3.76. The van der Waals surface area contributed by atoms with Crippen molar-refractivity contribution in [2.24, 2.45) is 0 Å². The van der Waals surface area contributed by atoms with Gasteiger partial charge < -0.3 is 13.3 Å². The van der Waals surface area contributed by atoms with Gasteiger partial charge in [0.1, 0.15) is 33.7 Å². The van der Waals surface area contributed by atoms with Crippen molar-refractivity contribution in [3.63, 3.8) is 0 Å². The molecule has 0 saturated carbocycles. The molecular formula is C40H22O3. The maximum Gasteiger partial charge on any atom is 0.146 e. The van der Waals surface area contributed by atoms with Crippen LogP contribution in [0.25, 0.3) is 98.8 Å². The maximum absolute atomic E-state index is 6.66. The van der Waals surface area contributed by atoms with E-state index in [2.05, 4.69) is 109 Å². The summed E-state index contributed by atoms with van der Waals surface area (Å²) in [7, 11) is 0. The van der Waals surface area contributed by atoms with E-state index in [4.69, 9.17) is 13.3 Å². The number of hydrogen-bond donors (Lipinski definition) is 0. The van der Waals surface area contributed by atoms with E-state index in [-0.39, 0.29) is 0 Å². The Balaban J connectivity index is 1.33. The summed E-state index contributed by atoms with van der Waals surface area (Å²) >= 11 is 0. The van der Waals surface area contributed by atoms with Gasteiger partial charge in [0.05, 0.1) is 5.39 Å². The first-order valence-corrected chi connectivity index (χ1v) is 14.5. The van der Waals surface area contributed by atoms with Crippen molar-refractivity contribution in [2.45, 2.75) is 0 Å². The molecule has 10 aromatic rings. The summed E-state index contributed by atoms with van der Waals surface area (Å²) in [6, 6.07) is 46.5. The second kappa shape index (κ2) is 8.37. The zero-order chi connectivity index (χ0) is 28.1. The molecule has 0 saturated heterocycles. The van der Waals surface area contributed by atoms with E-state index < -0.39 is 0 Å². The van der Waals surface area contributed by atoms with Crippen LogP contribution in [0.1, 0.15) is 0 Å². The van der Waals surface area contributed by atoms with Gasteiger partial charge in [-0.3, -0.25) is 0 Å². The van der Waals surface area contributed by atoms with Gasteiger partial charge in [-0.1, -0.05) is 97.1 Å². The van der Waals surface area contributed by atoms with E-state index in [0.29, 0.717) is 0 Å². The number of hydrogen-bond acceptors (Lipinski definition) is 3. The lowest BCUT2D eigenvalue weighted by Crippen LogP contribution is -1.90. The van der Waals surface area contributed by atoms with Gasteiger partial charge in [0.15, 0.2) is 0 Å². The predicted molar refractivity (Wildman–Crippen MR) is 177 cm³/mol. The van der Waals surface area contributed by atoms with Gasteiger partial charge in [0, 0.05) is 27.1 Å². The van der Waals surface area contributed by atoms with Crippen LogP contribution < -0.4 is 0 Å². The fourth-order valence-electron chi connectivity index (χ4n) is 7.09. The first-order valence-electron chi connectivity index (χ1n) is 14.5. The molecule has 3 heteroatoms. The number of fused-ring (bicyclic) bond motifs is 10. The lowest BCUT2D eigenvalue weighted by molar-refractivity contribution is 0.632. The van der Waals surface area contributed by atoms with E-state index >= 15 is 0 Å². The molecule has 7 aromatic carbocycles. The lowest BCUT2D eigenvalue weighted by atomic mass is 9.86. The third-order valence-corrected chi connectivity index (χ3v) is 8.89. The van der Waals surface area contributed by atoms with Gasteiger partial charge in [-0.05, 0) is 69.1 Å². The third kappa shape index (κ3) is 3.08. The molecule has 3 nitrogen and oxygen atoms in total. The van der Waals surface area contributed by atoms with Crippen LogP contribution in [0.5, 0.6) is 0 Å². The highest BCUT2D eigenvalue weighted by Gasteiger charge is 2.22. The summed E-state index contributed by atoms with van der Waals surface area (Å²) in [4.78, 5) is 0. The Hall–Kier alpha value is -5.80. The predicted octanol–water partition coefficient (Wildman–Crippen LogP) is 11.9. The quantitative estimate of drug-likeness (QED) is 0.201. The normalized spacial score (nSPS) is 12.2. The van der Waals surface area contributed by atoms with Crippen molar-refractivity contribution in [1.29, 1.82) is 0 Å². The molecule has 0 amide bonds. The molecule has 3 heterocycles. The van der Waals surface area contributed by atoms with Crippen LogP contribution in [0.15, 0.2) is 147 Å². The summed E-state index contributed by atoms with van der Waals surface area (Å²) in [5.41, 5.74) is 7.79. The highest BCUT2D eigenvalue weighted by atomic mass is 16.3. The molecule has 3 aromatic heterocycles. The van der Waals surface area contributed by atoms with Crippen LogP contribution >= 0.6 is 0 Å². The maximum atomic E-state index is 6.66. The molecule has 10 rings (SSSR count). The molecule has 0 radical (unpaired) electrons. The van der Waals surface area contributed by atoms with Crippen molar-refractivity contribution in [1.82, 2.24) is 0 Å². The van der Waals surface area contributed by atoms with Crippen LogP contribution in [0.2, 0.25) is 0 Å². The number of furan rings is 3. The second-order valence-electron chi connectivity index (χ2n) is 11.2. The first-order chi connectivity index (χ1) is 21.3. The molecule has 0 spiro atoms. The Morgan fingerprint density at radius 3 is 1.60 bits per heavy atom. The number of benzene rings is 7. The van der Waals surface area contributed by atoms with Crippen molar-refractivity contribution >= 4 is 76.4 Å². The Bertz CT molecular complexity index is 2680. The number of rotatable bonds is 2. The van der Waals surface area contributed by atoms with Crippen LogP contribution in [0, 0.1) is 0 Å². The number of para-hydroxylation sites is 2. The van der Waals surface area contributed by atoms with Crippen molar-refractivity contribution in [3.8, 4) is 22.5 Å². The molecule has 0 bridgehead atoms. The molecular weight excluding hydrogens is 528 g/mol. The Labute approximate surface area is 245 Å². The fraction of sp³-hybridized carbons (Fsp3) is 0. The highest BCUT2D eigenvalue weighted by molar-refractivity contribution is 6.26. The summed E-state index contributed by atoms with van der Waals surface area (Å²) < 4.78 is 19.3. The van der Waals surface area contributed by atoms with E-state index in [9.17, 15) is 0 Å². The molecule has 0 unspecified atom stereocenters. The minimum Gasteiger partial charge on any atom is -0.456 e. The lowest BCUT2D eigenvalue weighted by Gasteiger charge is -2.17. The van der Waals surface area contributed by atoms with Gasteiger partial charge in [0.2, 0.25) is 0 Å². The Morgan fingerprint density at radius 1 is 0.326 bits per heavy atom. The zero-order valence-electron chi connectivity index (χ0n) is 22.9. The van der Waals surface area contributed by atoms with Crippen LogP contribution in [0.4, 0.5) is 0 Å². The molecule has 0 aliphatic rings. The molecule has 200 valence electrons. The zero-order valence-corrected chi connectivity index (χ0v) is 22.9. The first kappa shape index (κ1) is 22.8. The smallest absolute Gasteiger partial charge is 0.146 e. The molecule has 0 atom stereocenters. The van der Waals surface area contributed by atoms with Crippen molar-refractivity contribution < 1.29 is 13.3 Å². The molecule has 0 aliphatic carbocycles. The molecule has 0 aliphatic heterocycles.